The molecule has 3 aliphatic rings. The van der Waals surface area contributed by atoms with Crippen LogP contribution in [0, 0.1) is 5.92 Å². The second-order valence-electron chi connectivity index (χ2n) is 7.98. The highest BCUT2D eigenvalue weighted by atomic mass is 32.1. The first-order valence-electron chi connectivity index (χ1n) is 9.96. The fourth-order valence-electron chi connectivity index (χ4n) is 4.75. The third kappa shape index (κ3) is 3.09. The summed E-state index contributed by atoms with van der Waals surface area (Å²) < 4.78 is 1.12. The van der Waals surface area contributed by atoms with E-state index in [1.165, 1.54) is 25.7 Å². The fraction of sp³-hybridized carbons (Fsp3) is 0.600. The van der Waals surface area contributed by atoms with E-state index in [-0.39, 0.29) is 5.91 Å². The average molecular weight is 371 g/mol. The van der Waals surface area contributed by atoms with Gasteiger partial charge in [0.15, 0.2) is 5.13 Å². The SMILES string of the molecule is O=C(NC1CCCC1)c1ccc2nc(N3CCC4NCCC4C3)sc2c1. The van der Waals surface area contributed by atoms with E-state index in [9.17, 15) is 4.79 Å². The van der Waals surface area contributed by atoms with Crippen LogP contribution in [0.15, 0.2) is 18.2 Å². The van der Waals surface area contributed by atoms with E-state index >= 15 is 0 Å². The Hall–Kier alpha value is -1.66. The van der Waals surface area contributed by atoms with Gasteiger partial charge in [-0.15, -0.1) is 0 Å². The molecule has 1 aromatic carbocycles. The maximum atomic E-state index is 12.5. The zero-order valence-corrected chi connectivity index (χ0v) is 15.9. The molecule has 3 fully saturated rings. The van der Waals surface area contributed by atoms with Crippen molar-refractivity contribution in [1.82, 2.24) is 15.6 Å². The first-order valence-corrected chi connectivity index (χ1v) is 10.8. The first-order chi connectivity index (χ1) is 12.8. The van der Waals surface area contributed by atoms with Crippen molar-refractivity contribution in [3.05, 3.63) is 23.8 Å². The molecule has 0 radical (unpaired) electrons. The molecule has 2 aliphatic heterocycles. The molecular weight excluding hydrogens is 344 g/mol. The first kappa shape index (κ1) is 16.5. The molecule has 0 spiro atoms. The number of thiazole rings is 1. The third-order valence-corrected chi connectivity index (χ3v) is 7.33. The second kappa shape index (κ2) is 6.82. The molecule has 1 saturated carbocycles. The molecule has 26 heavy (non-hydrogen) atoms. The minimum Gasteiger partial charge on any atom is -0.349 e. The summed E-state index contributed by atoms with van der Waals surface area (Å²) >= 11 is 1.73. The molecule has 1 amide bonds. The molecule has 2 aromatic rings. The van der Waals surface area contributed by atoms with E-state index in [1.54, 1.807) is 11.3 Å². The van der Waals surface area contributed by atoms with Crippen LogP contribution in [0.2, 0.25) is 0 Å². The number of hydrogen-bond acceptors (Lipinski definition) is 5. The van der Waals surface area contributed by atoms with Crippen LogP contribution in [0.4, 0.5) is 5.13 Å². The minimum absolute atomic E-state index is 0.0617. The quantitative estimate of drug-likeness (QED) is 0.871. The maximum absolute atomic E-state index is 12.5. The van der Waals surface area contributed by atoms with Crippen molar-refractivity contribution in [2.75, 3.05) is 24.5 Å². The van der Waals surface area contributed by atoms with Crippen LogP contribution < -0.4 is 15.5 Å². The van der Waals surface area contributed by atoms with Crippen LogP contribution in [0.25, 0.3) is 10.2 Å². The van der Waals surface area contributed by atoms with Gasteiger partial charge in [0.2, 0.25) is 0 Å². The third-order valence-electron chi connectivity index (χ3n) is 6.26. The van der Waals surface area contributed by atoms with Crippen molar-refractivity contribution in [1.29, 1.82) is 0 Å². The zero-order chi connectivity index (χ0) is 17.5. The number of hydrogen-bond donors (Lipinski definition) is 2. The zero-order valence-electron chi connectivity index (χ0n) is 15.0. The van der Waals surface area contributed by atoms with Crippen molar-refractivity contribution < 1.29 is 4.79 Å². The van der Waals surface area contributed by atoms with E-state index in [4.69, 9.17) is 4.98 Å². The van der Waals surface area contributed by atoms with Gasteiger partial charge in [-0.2, -0.15) is 0 Å². The summed E-state index contributed by atoms with van der Waals surface area (Å²) in [7, 11) is 0. The average Bonchev–Trinajstić information content (AvgIpc) is 3.40. The smallest absolute Gasteiger partial charge is 0.251 e. The van der Waals surface area contributed by atoms with E-state index in [1.807, 2.05) is 18.2 Å². The summed E-state index contributed by atoms with van der Waals surface area (Å²) in [5.74, 6) is 0.815. The lowest BCUT2D eigenvalue weighted by Gasteiger charge is -2.34. The number of fused-ring (bicyclic) bond motifs is 2. The largest absolute Gasteiger partial charge is 0.349 e. The molecule has 1 aromatic heterocycles. The normalized spacial score (nSPS) is 26.4. The molecule has 138 valence electrons. The highest BCUT2D eigenvalue weighted by Crippen LogP contribution is 2.34. The van der Waals surface area contributed by atoms with Crippen LogP contribution in [-0.2, 0) is 0 Å². The highest BCUT2D eigenvalue weighted by molar-refractivity contribution is 7.22. The highest BCUT2D eigenvalue weighted by Gasteiger charge is 2.33. The Morgan fingerprint density at radius 3 is 3.00 bits per heavy atom. The topological polar surface area (TPSA) is 57.3 Å². The van der Waals surface area contributed by atoms with Gasteiger partial charge in [0.1, 0.15) is 0 Å². The number of benzene rings is 1. The van der Waals surface area contributed by atoms with Gasteiger partial charge in [-0.3, -0.25) is 4.79 Å². The van der Waals surface area contributed by atoms with Gasteiger partial charge in [0.25, 0.3) is 5.91 Å². The van der Waals surface area contributed by atoms with Crippen LogP contribution in [0.3, 0.4) is 0 Å². The predicted molar refractivity (Wildman–Crippen MR) is 106 cm³/mol. The van der Waals surface area contributed by atoms with Crippen molar-refractivity contribution >= 4 is 32.6 Å². The standard InChI is InChI=1S/C20H26N4OS/c25-19(22-15-3-1-2-4-15)13-5-6-17-18(11-13)26-20(23-17)24-10-8-16-14(12-24)7-9-21-16/h5-6,11,14-16,21H,1-4,7-10,12H2,(H,22,25). The Labute approximate surface area is 158 Å². The molecule has 0 bridgehead atoms. The van der Waals surface area contributed by atoms with Gasteiger partial charge in [-0.25, -0.2) is 4.98 Å². The molecule has 1 aliphatic carbocycles. The fourth-order valence-corrected chi connectivity index (χ4v) is 5.79. The van der Waals surface area contributed by atoms with Gasteiger partial charge in [0, 0.05) is 30.7 Å². The van der Waals surface area contributed by atoms with Crippen molar-refractivity contribution in [2.24, 2.45) is 5.92 Å². The van der Waals surface area contributed by atoms with Crippen LogP contribution in [0.5, 0.6) is 0 Å². The summed E-state index contributed by atoms with van der Waals surface area (Å²) in [4.78, 5) is 19.8. The number of anilines is 1. The lowest BCUT2D eigenvalue weighted by molar-refractivity contribution is 0.0938. The molecule has 5 rings (SSSR count). The molecule has 2 atom stereocenters. The molecule has 2 unspecified atom stereocenters. The van der Waals surface area contributed by atoms with E-state index < -0.39 is 0 Å². The summed E-state index contributed by atoms with van der Waals surface area (Å²) in [6.07, 6.45) is 7.17. The van der Waals surface area contributed by atoms with Crippen molar-refractivity contribution in [3.63, 3.8) is 0 Å². The molecule has 5 nitrogen and oxygen atoms in total. The van der Waals surface area contributed by atoms with Crippen LogP contribution in [-0.4, -0.2) is 42.6 Å². The number of carbonyl (C=O) groups excluding carboxylic acids is 1. The summed E-state index contributed by atoms with van der Waals surface area (Å²) in [6, 6.07) is 7.00. The Balaban J connectivity index is 1.33. The number of piperidine rings is 1. The molecule has 6 heteroatoms. The second-order valence-corrected chi connectivity index (χ2v) is 8.99. The Morgan fingerprint density at radius 2 is 2.12 bits per heavy atom. The molecule has 3 heterocycles. The van der Waals surface area contributed by atoms with Crippen LogP contribution >= 0.6 is 11.3 Å². The Morgan fingerprint density at radius 1 is 1.23 bits per heavy atom. The van der Waals surface area contributed by atoms with Crippen LogP contribution in [0.1, 0.15) is 48.9 Å². The van der Waals surface area contributed by atoms with Gasteiger partial charge >= 0.3 is 0 Å². The van der Waals surface area contributed by atoms with Gasteiger partial charge in [-0.05, 0) is 56.3 Å². The van der Waals surface area contributed by atoms with E-state index in [0.29, 0.717) is 12.1 Å². The maximum Gasteiger partial charge on any atom is 0.251 e. The number of rotatable bonds is 3. The van der Waals surface area contributed by atoms with Gasteiger partial charge in [-0.1, -0.05) is 24.2 Å². The molecule has 2 saturated heterocycles. The lowest BCUT2D eigenvalue weighted by Crippen LogP contribution is -2.44. The number of aromatic nitrogens is 1. The Bertz CT molecular complexity index is 813. The van der Waals surface area contributed by atoms with Crippen molar-refractivity contribution in [3.8, 4) is 0 Å². The predicted octanol–water partition coefficient (Wildman–Crippen LogP) is 3.16. The number of amides is 1. The Kier molecular flexibility index (Phi) is 4.33. The minimum atomic E-state index is 0.0617. The monoisotopic (exact) mass is 370 g/mol. The number of nitrogens with one attached hydrogen (secondary N) is 2. The lowest BCUT2D eigenvalue weighted by atomic mass is 9.94. The number of carbonyl (C=O) groups is 1. The van der Waals surface area contributed by atoms with Gasteiger partial charge < -0.3 is 15.5 Å². The molecule has 2 N–H and O–H groups in total. The summed E-state index contributed by atoms with van der Waals surface area (Å²) in [6.45, 7) is 3.33. The summed E-state index contributed by atoms with van der Waals surface area (Å²) in [5.41, 5.74) is 1.77. The van der Waals surface area contributed by atoms with Crippen molar-refractivity contribution in [2.45, 2.75) is 50.6 Å². The molecular formula is C20H26N4OS. The van der Waals surface area contributed by atoms with E-state index in [0.717, 1.165) is 59.3 Å². The van der Waals surface area contributed by atoms with Gasteiger partial charge in [0.05, 0.1) is 10.2 Å². The van der Waals surface area contributed by atoms with E-state index in [2.05, 4.69) is 15.5 Å². The number of nitrogens with zero attached hydrogens (tertiary/aromatic N) is 2. The summed E-state index contributed by atoms with van der Waals surface area (Å²) in [5, 5.41) is 7.91.